The van der Waals surface area contributed by atoms with Gasteiger partial charge in [-0.2, -0.15) is 5.10 Å². The summed E-state index contributed by atoms with van der Waals surface area (Å²) < 4.78 is 23.2. The number of nitrogens with zero attached hydrogens (tertiary/aromatic N) is 7. The number of piperazine rings is 1. The van der Waals surface area contributed by atoms with E-state index in [2.05, 4.69) is 20.3 Å². The molecular weight excluding hydrogens is 449 g/mol. The van der Waals surface area contributed by atoms with E-state index in [9.17, 15) is 9.18 Å². The summed E-state index contributed by atoms with van der Waals surface area (Å²) in [6.07, 6.45) is -0.245. The summed E-state index contributed by atoms with van der Waals surface area (Å²) in [5.41, 5.74) is 4.10. The number of aromatic nitrogens is 5. The van der Waals surface area contributed by atoms with Gasteiger partial charge in [-0.25, -0.2) is 9.07 Å². The average Bonchev–Trinajstić information content (AvgIpc) is 3.44. The summed E-state index contributed by atoms with van der Waals surface area (Å²) in [4.78, 5) is 17.3. The van der Waals surface area contributed by atoms with Gasteiger partial charge in [0.1, 0.15) is 17.6 Å². The van der Waals surface area contributed by atoms with Crippen LogP contribution in [0.5, 0.6) is 0 Å². The predicted molar refractivity (Wildman–Crippen MR) is 126 cm³/mol. The first-order valence-electron chi connectivity index (χ1n) is 11.8. The van der Waals surface area contributed by atoms with Crippen LogP contribution >= 0.6 is 0 Å². The van der Waals surface area contributed by atoms with Crippen molar-refractivity contribution in [2.45, 2.75) is 25.8 Å². The molecule has 4 aromatic rings. The number of para-hydroxylation sites is 1. The van der Waals surface area contributed by atoms with Crippen LogP contribution in [0.4, 0.5) is 4.39 Å². The molecule has 10 heteroatoms. The largest absolute Gasteiger partial charge is 0.365 e. The molecule has 0 unspecified atom stereocenters. The molecule has 0 saturated carbocycles. The van der Waals surface area contributed by atoms with Gasteiger partial charge in [-0.1, -0.05) is 35.5 Å². The second-order valence-corrected chi connectivity index (χ2v) is 9.08. The van der Waals surface area contributed by atoms with E-state index >= 15 is 0 Å². The lowest BCUT2D eigenvalue weighted by Crippen LogP contribution is -2.48. The first kappa shape index (κ1) is 21.9. The van der Waals surface area contributed by atoms with Gasteiger partial charge in [0.05, 0.1) is 24.4 Å². The van der Waals surface area contributed by atoms with Crippen molar-refractivity contribution in [1.29, 1.82) is 0 Å². The van der Waals surface area contributed by atoms with Crippen LogP contribution in [0, 0.1) is 5.82 Å². The fraction of sp³-hybridized carbons (Fsp3) is 0.360. The number of carbonyl (C=O) groups excluding carboxylic acids is 1. The van der Waals surface area contributed by atoms with Crippen molar-refractivity contribution >= 4 is 16.8 Å². The van der Waals surface area contributed by atoms with Crippen molar-refractivity contribution in [3.63, 3.8) is 0 Å². The summed E-state index contributed by atoms with van der Waals surface area (Å²) in [6, 6.07) is 14.3. The summed E-state index contributed by atoms with van der Waals surface area (Å²) in [5, 5.41) is 14.1. The van der Waals surface area contributed by atoms with Gasteiger partial charge in [0.25, 0.3) is 5.91 Å². The van der Waals surface area contributed by atoms with Gasteiger partial charge in [-0.05, 0) is 23.8 Å². The Balaban J connectivity index is 1.09. The van der Waals surface area contributed by atoms with E-state index in [4.69, 9.17) is 4.74 Å². The second-order valence-electron chi connectivity index (χ2n) is 9.08. The highest BCUT2D eigenvalue weighted by Crippen LogP contribution is 2.28. The van der Waals surface area contributed by atoms with Crippen LogP contribution in [0.3, 0.4) is 0 Å². The Morgan fingerprint density at radius 3 is 2.77 bits per heavy atom. The molecule has 180 valence electrons. The van der Waals surface area contributed by atoms with E-state index in [-0.39, 0.29) is 17.8 Å². The lowest BCUT2D eigenvalue weighted by molar-refractivity contribution is -0.00236. The Bertz CT molecular complexity index is 1390. The highest BCUT2D eigenvalue weighted by molar-refractivity contribution is 6.04. The Morgan fingerprint density at radius 2 is 1.94 bits per heavy atom. The molecule has 1 amide bonds. The third-order valence-corrected chi connectivity index (χ3v) is 6.89. The van der Waals surface area contributed by atoms with Crippen LogP contribution in [-0.4, -0.2) is 66.7 Å². The molecule has 6 rings (SSSR count). The van der Waals surface area contributed by atoms with E-state index in [1.807, 2.05) is 47.0 Å². The zero-order valence-electron chi connectivity index (χ0n) is 19.5. The summed E-state index contributed by atoms with van der Waals surface area (Å²) >= 11 is 0. The lowest BCUT2D eigenvalue weighted by Gasteiger charge is -2.34. The number of amides is 1. The standard InChI is InChI=1S/C25H26FN7O2/c1-30-21-8-3-2-7-19(21)24(28-30)25(34)32-11-9-31(10-12-32)14-20-22-16-35-23(15-33(22)29-27-20)17-5-4-6-18(26)13-17/h2-8,13,23H,9-12,14-16H2,1H3/t23-/m0/s1. The molecule has 2 aliphatic heterocycles. The van der Waals surface area contributed by atoms with Crippen molar-refractivity contribution in [2.24, 2.45) is 7.05 Å². The maximum atomic E-state index is 13.6. The van der Waals surface area contributed by atoms with E-state index in [0.717, 1.165) is 40.9 Å². The van der Waals surface area contributed by atoms with Crippen LogP contribution in [0.15, 0.2) is 48.5 Å². The van der Waals surface area contributed by atoms with Gasteiger partial charge in [0, 0.05) is 45.2 Å². The first-order valence-corrected chi connectivity index (χ1v) is 11.8. The zero-order valence-corrected chi connectivity index (χ0v) is 19.5. The smallest absolute Gasteiger partial charge is 0.275 e. The van der Waals surface area contributed by atoms with Gasteiger partial charge in [0.2, 0.25) is 0 Å². The van der Waals surface area contributed by atoms with Gasteiger partial charge < -0.3 is 9.64 Å². The number of ether oxygens (including phenoxy) is 1. The molecule has 2 aromatic heterocycles. The van der Waals surface area contributed by atoms with Crippen molar-refractivity contribution < 1.29 is 13.9 Å². The number of hydrogen-bond acceptors (Lipinski definition) is 6. The molecule has 1 fully saturated rings. The monoisotopic (exact) mass is 475 g/mol. The zero-order chi connectivity index (χ0) is 23.9. The van der Waals surface area contributed by atoms with Crippen LogP contribution in [0.2, 0.25) is 0 Å². The van der Waals surface area contributed by atoms with E-state index < -0.39 is 0 Å². The molecule has 0 radical (unpaired) electrons. The lowest BCUT2D eigenvalue weighted by atomic mass is 10.1. The summed E-state index contributed by atoms with van der Waals surface area (Å²) in [7, 11) is 1.86. The predicted octanol–water partition coefficient (Wildman–Crippen LogP) is 2.53. The molecule has 0 N–H and O–H groups in total. The van der Waals surface area contributed by atoms with Crippen LogP contribution in [0.25, 0.3) is 10.9 Å². The van der Waals surface area contributed by atoms with E-state index in [1.54, 1.807) is 10.7 Å². The first-order chi connectivity index (χ1) is 17.1. The topological polar surface area (TPSA) is 81.3 Å². The Labute approximate surface area is 201 Å². The van der Waals surface area contributed by atoms with Gasteiger partial charge in [-0.3, -0.25) is 14.4 Å². The van der Waals surface area contributed by atoms with Gasteiger partial charge in [0.15, 0.2) is 5.69 Å². The Kier molecular flexibility index (Phi) is 5.54. The highest BCUT2D eigenvalue weighted by Gasteiger charge is 2.29. The third-order valence-electron chi connectivity index (χ3n) is 6.89. The molecule has 0 bridgehead atoms. The fourth-order valence-electron chi connectivity index (χ4n) is 4.94. The number of aryl methyl sites for hydroxylation is 1. The fourth-order valence-corrected chi connectivity index (χ4v) is 4.94. The van der Waals surface area contributed by atoms with Crippen molar-refractivity contribution in [2.75, 3.05) is 26.2 Å². The Hall–Kier alpha value is -3.63. The average molecular weight is 476 g/mol. The molecule has 1 atom stereocenters. The molecule has 35 heavy (non-hydrogen) atoms. The normalized spacial score (nSPS) is 18.7. The maximum Gasteiger partial charge on any atom is 0.275 e. The summed E-state index contributed by atoms with van der Waals surface area (Å²) in [6.45, 7) is 4.29. The number of hydrogen-bond donors (Lipinski definition) is 0. The summed E-state index contributed by atoms with van der Waals surface area (Å²) in [5.74, 6) is -0.302. The van der Waals surface area contributed by atoms with Crippen LogP contribution in [-0.2, 0) is 31.5 Å². The number of fused-ring (bicyclic) bond motifs is 2. The quantitative estimate of drug-likeness (QED) is 0.451. The number of benzene rings is 2. The van der Waals surface area contributed by atoms with Gasteiger partial charge >= 0.3 is 0 Å². The minimum atomic E-state index is -0.273. The molecule has 2 aliphatic rings. The maximum absolute atomic E-state index is 13.6. The van der Waals surface area contributed by atoms with Crippen LogP contribution < -0.4 is 0 Å². The number of carbonyl (C=O) groups is 1. The molecule has 4 heterocycles. The highest BCUT2D eigenvalue weighted by atomic mass is 19.1. The van der Waals surface area contributed by atoms with E-state index in [0.29, 0.717) is 38.5 Å². The van der Waals surface area contributed by atoms with Crippen LogP contribution in [0.1, 0.15) is 33.5 Å². The van der Waals surface area contributed by atoms with Crippen molar-refractivity contribution in [1.82, 2.24) is 34.6 Å². The molecular formula is C25H26FN7O2. The molecule has 1 saturated heterocycles. The minimum Gasteiger partial charge on any atom is -0.365 e. The van der Waals surface area contributed by atoms with Crippen molar-refractivity contribution in [3.05, 3.63) is 77.0 Å². The molecule has 0 aliphatic carbocycles. The van der Waals surface area contributed by atoms with Crippen molar-refractivity contribution in [3.8, 4) is 0 Å². The molecule has 0 spiro atoms. The molecule has 2 aromatic carbocycles. The molecule has 9 nitrogen and oxygen atoms in total. The number of rotatable bonds is 4. The third kappa shape index (κ3) is 4.08. The SMILES string of the molecule is Cn1nc(C(=O)N2CCN(Cc3nnn4c3CO[C@H](c3cccc(F)c3)C4)CC2)c2ccccc21. The number of halogens is 1. The Morgan fingerprint density at radius 1 is 1.11 bits per heavy atom. The van der Waals surface area contributed by atoms with E-state index in [1.165, 1.54) is 12.1 Å². The second kappa shape index (κ2) is 8.86. The minimum absolute atomic E-state index is 0.0284. The van der Waals surface area contributed by atoms with Gasteiger partial charge in [-0.15, -0.1) is 5.10 Å².